The van der Waals surface area contributed by atoms with E-state index in [0.717, 1.165) is 59.2 Å². The Hall–Kier alpha value is -3.35. The minimum absolute atomic E-state index is 0.129. The van der Waals surface area contributed by atoms with Crippen LogP contribution in [0, 0.1) is 26.7 Å². The summed E-state index contributed by atoms with van der Waals surface area (Å²) in [5.41, 5.74) is 5.24. The largest absolute Gasteiger partial charge is 0.362 e. The Balaban J connectivity index is 1.28. The summed E-state index contributed by atoms with van der Waals surface area (Å²) >= 11 is 0. The first-order valence-electron chi connectivity index (χ1n) is 12.1. The summed E-state index contributed by atoms with van der Waals surface area (Å²) in [4.78, 5) is 24.0. The number of nitrogens with one attached hydrogen (secondary N) is 3. The zero-order valence-corrected chi connectivity index (χ0v) is 20.9. The summed E-state index contributed by atoms with van der Waals surface area (Å²) < 4.78 is 0. The van der Waals surface area contributed by atoms with Gasteiger partial charge in [-0.2, -0.15) is 4.98 Å². The lowest BCUT2D eigenvalue weighted by atomic mass is 9.86. The van der Waals surface area contributed by atoms with E-state index in [9.17, 15) is 4.79 Å². The highest BCUT2D eigenvalue weighted by Gasteiger charge is 2.23. The molecular formula is C27H36N6O. The van der Waals surface area contributed by atoms with E-state index < -0.39 is 0 Å². The topological polar surface area (TPSA) is 82.2 Å². The summed E-state index contributed by atoms with van der Waals surface area (Å²) in [6.07, 6.45) is 4.21. The van der Waals surface area contributed by atoms with Crippen molar-refractivity contribution >= 4 is 34.4 Å². The predicted octanol–water partition coefficient (Wildman–Crippen LogP) is 5.41. The van der Waals surface area contributed by atoms with Gasteiger partial charge in [-0.25, -0.2) is 9.78 Å². The lowest BCUT2D eigenvalue weighted by Gasteiger charge is -2.29. The molecule has 1 fully saturated rings. The zero-order valence-electron chi connectivity index (χ0n) is 20.9. The van der Waals surface area contributed by atoms with Crippen molar-refractivity contribution < 1.29 is 4.79 Å². The summed E-state index contributed by atoms with van der Waals surface area (Å²) in [7, 11) is 4.02. The van der Waals surface area contributed by atoms with Crippen molar-refractivity contribution in [2.75, 3.05) is 36.2 Å². The number of anilines is 3. The Bertz CT molecular complexity index is 1140. The lowest BCUT2D eigenvalue weighted by molar-refractivity contribution is 0.246. The molecule has 1 heterocycles. The molecule has 0 unspecified atom stereocenters. The van der Waals surface area contributed by atoms with E-state index in [1.54, 1.807) is 0 Å². The molecule has 3 aromatic rings. The van der Waals surface area contributed by atoms with Crippen molar-refractivity contribution in [1.82, 2.24) is 15.3 Å². The molecule has 0 spiro atoms. The molecule has 2 amide bonds. The van der Waals surface area contributed by atoms with Crippen LogP contribution in [0.25, 0.3) is 10.9 Å². The third-order valence-electron chi connectivity index (χ3n) is 6.65. The highest BCUT2D eigenvalue weighted by molar-refractivity contribution is 5.91. The van der Waals surface area contributed by atoms with Gasteiger partial charge in [0.25, 0.3) is 0 Å². The quantitative estimate of drug-likeness (QED) is 0.458. The first-order valence-corrected chi connectivity index (χ1v) is 12.1. The number of aryl methyl sites for hydroxylation is 3. The molecule has 0 atom stereocenters. The molecule has 1 aliphatic carbocycles. The normalized spacial score (nSPS) is 17.9. The Morgan fingerprint density at radius 3 is 2.35 bits per heavy atom. The number of hydrogen-bond acceptors (Lipinski definition) is 5. The molecule has 0 radical (unpaired) electrons. The van der Waals surface area contributed by atoms with Crippen LogP contribution in [0.2, 0.25) is 0 Å². The number of nitrogens with zero attached hydrogens (tertiary/aromatic N) is 3. The molecule has 0 bridgehead atoms. The average molecular weight is 461 g/mol. The van der Waals surface area contributed by atoms with Crippen LogP contribution >= 0.6 is 0 Å². The standard InChI is InChI=1S/C27H36N6O/c1-17-14-18(2)24(19(3)15-17)31-27(34)28-16-20-10-12-21(13-11-20)29-26-30-23-9-7-6-8-22(23)25(32-26)33(4)5/h6-9,14-15,20-21H,10-13,16H2,1-5H3,(H2,28,31,34)(H,29,30,32)/t20-,21+. The molecule has 1 aliphatic rings. The van der Waals surface area contributed by atoms with Crippen molar-refractivity contribution in [1.29, 1.82) is 0 Å². The molecule has 0 saturated heterocycles. The molecule has 3 N–H and O–H groups in total. The van der Waals surface area contributed by atoms with Crippen LogP contribution in [-0.2, 0) is 0 Å². The van der Waals surface area contributed by atoms with Crippen LogP contribution in [0.4, 0.5) is 22.2 Å². The number of para-hydroxylation sites is 1. The molecule has 2 aromatic carbocycles. The number of carbonyl (C=O) groups excluding carboxylic acids is 1. The van der Waals surface area contributed by atoms with Crippen LogP contribution in [0.1, 0.15) is 42.4 Å². The molecule has 1 saturated carbocycles. The summed E-state index contributed by atoms with van der Waals surface area (Å²) in [5.74, 6) is 2.10. The monoisotopic (exact) mass is 460 g/mol. The summed E-state index contributed by atoms with van der Waals surface area (Å²) in [5, 5.41) is 10.7. The Morgan fingerprint density at radius 2 is 1.68 bits per heavy atom. The van der Waals surface area contributed by atoms with Crippen molar-refractivity contribution in [3.63, 3.8) is 0 Å². The smallest absolute Gasteiger partial charge is 0.319 e. The third-order valence-corrected chi connectivity index (χ3v) is 6.65. The maximum atomic E-state index is 12.5. The lowest BCUT2D eigenvalue weighted by Crippen LogP contribution is -2.36. The number of carbonyl (C=O) groups is 1. The predicted molar refractivity (Wildman–Crippen MR) is 141 cm³/mol. The van der Waals surface area contributed by atoms with Crippen molar-refractivity contribution in [2.45, 2.75) is 52.5 Å². The number of amides is 2. The minimum Gasteiger partial charge on any atom is -0.362 e. The van der Waals surface area contributed by atoms with Crippen LogP contribution in [0.3, 0.4) is 0 Å². The van der Waals surface area contributed by atoms with Gasteiger partial charge >= 0.3 is 6.03 Å². The zero-order chi connectivity index (χ0) is 24.2. The molecule has 34 heavy (non-hydrogen) atoms. The number of hydrogen-bond donors (Lipinski definition) is 3. The summed E-state index contributed by atoms with van der Waals surface area (Å²) in [6.45, 7) is 6.83. The number of benzene rings is 2. The van der Waals surface area contributed by atoms with E-state index in [0.29, 0.717) is 24.5 Å². The first kappa shape index (κ1) is 23.8. The second-order valence-corrected chi connectivity index (χ2v) is 9.75. The molecule has 4 rings (SSSR count). The van der Waals surface area contributed by atoms with Crippen LogP contribution in [-0.4, -0.2) is 42.7 Å². The van der Waals surface area contributed by atoms with Gasteiger partial charge in [-0.3, -0.25) is 0 Å². The fourth-order valence-corrected chi connectivity index (χ4v) is 4.93. The number of aromatic nitrogens is 2. The van der Waals surface area contributed by atoms with Crippen LogP contribution < -0.4 is 20.9 Å². The van der Waals surface area contributed by atoms with E-state index in [1.807, 2.05) is 51.0 Å². The molecular weight excluding hydrogens is 424 g/mol. The van der Waals surface area contributed by atoms with Crippen molar-refractivity contribution in [3.8, 4) is 0 Å². The molecule has 7 heteroatoms. The van der Waals surface area contributed by atoms with E-state index in [2.05, 4.69) is 41.1 Å². The van der Waals surface area contributed by atoms with Gasteiger partial charge in [-0.05, 0) is 75.6 Å². The van der Waals surface area contributed by atoms with Gasteiger partial charge in [-0.15, -0.1) is 0 Å². The van der Waals surface area contributed by atoms with Gasteiger partial charge in [0.1, 0.15) is 5.82 Å². The number of fused-ring (bicyclic) bond motifs is 1. The second kappa shape index (κ2) is 10.3. The van der Waals surface area contributed by atoms with E-state index in [-0.39, 0.29) is 6.03 Å². The van der Waals surface area contributed by atoms with Crippen LogP contribution in [0.5, 0.6) is 0 Å². The second-order valence-electron chi connectivity index (χ2n) is 9.75. The maximum absolute atomic E-state index is 12.5. The van der Waals surface area contributed by atoms with Crippen molar-refractivity contribution in [2.24, 2.45) is 5.92 Å². The SMILES string of the molecule is Cc1cc(C)c(NC(=O)NC[C@H]2CC[C@@H](Nc3nc(N(C)C)c4ccccc4n3)CC2)c(C)c1. The fraction of sp³-hybridized carbons (Fsp3) is 0.444. The van der Waals surface area contributed by atoms with E-state index in [4.69, 9.17) is 9.97 Å². The highest BCUT2D eigenvalue weighted by Crippen LogP contribution is 2.28. The van der Waals surface area contributed by atoms with E-state index >= 15 is 0 Å². The Kier molecular flexibility index (Phi) is 7.20. The minimum atomic E-state index is -0.129. The summed E-state index contributed by atoms with van der Waals surface area (Å²) in [6, 6.07) is 12.5. The third kappa shape index (κ3) is 5.58. The number of rotatable bonds is 6. The molecule has 180 valence electrons. The van der Waals surface area contributed by atoms with E-state index in [1.165, 1.54) is 5.56 Å². The average Bonchev–Trinajstić information content (AvgIpc) is 2.80. The van der Waals surface area contributed by atoms with Gasteiger partial charge in [0.05, 0.1) is 5.52 Å². The fourth-order valence-electron chi connectivity index (χ4n) is 4.93. The molecule has 1 aromatic heterocycles. The van der Waals surface area contributed by atoms with Gasteiger partial charge in [-0.1, -0.05) is 29.8 Å². The Morgan fingerprint density at radius 1 is 1.00 bits per heavy atom. The van der Waals surface area contributed by atoms with Gasteiger partial charge < -0.3 is 20.9 Å². The number of urea groups is 1. The van der Waals surface area contributed by atoms with Crippen LogP contribution in [0.15, 0.2) is 36.4 Å². The highest BCUT2D eigenvalue weighted by atomic mass is 16.2. The van der Waals surface area contributed by atoms with Crippen molar-refractivity contribution in [3.05, 3.63) is 53.1 Å². The maximum Gasteiger partial charge on any atom is 0.319 e. The van der Waals surface area contributed by atoms with Gasteiger partial charge in [0, 0.05) is 37.8 Å². The first-order chi connectivity index (χ1) is 16.3. The molecule has 7 nitrogen and oxygen atoms in total. The Labute approximate surface area is 202 Å². The molecule has 0 aliphatic heterocycles. The van der Waals surface area contributed by atoms with Gasteiger partial charge in [0.2, 0.25) is 5.95 Å². The van der Waals surface area contributed by atoms with Gasteiger partial charge in [0.15, 0.2) is 0 Å².